The van der Waals surface area contributed by atoms with E-state index in [9.17, 15) is 8.78 Å². The molecule has 1 atom stereocenters. The molecule has 0 saturated heterocycles. The van der Waals surface area contributed by atoms with Crippen molar-refractivity contribution in [1.29, 1.82) is 0 Å². The Kier molecular flexibility index (Phi) is 4.03. The van der Waals surface area contributed by atoms with Crippen LogP contribution in [-0.4, -0.2) is 19.6 Å². The summed E-state index contributed by atoms with van der Waals surface area (Å²) in [6, 6.07) is 3.49. The summed E-state index contributed by atoms with van der Waals surface area (Å²) in [6.07, 6.45) is 0.743. The highest BCUT2D eigenvalue weighted by molar-refractivity contribution is 5.47. The number of anilines is 1. The highest BCUT2D eigenvalue weighted by Gasteiger charge is 2.09. The van der Waals surface area contributed by atoms with Gasteiger partial charge in [-0.25, -0.2) is 8.78 Å². The second-order valence-corrected chi connectivity index (χ2v) is 3.78. The molecule has 15 heavy (non-hydrogen) atoms. The summed E-state index contributed by atoms with van der Waals surface area (Å²) in [5.74, 6) is -0.845. The molecule has 0 radical (unpaired) electrons. The van der Waals surface area contributed by atoms with E-state index < -0.39 is 11.6 Å². The highest BCUT2D eigenvalue weighted by Crippen LogP contribution is 2.19. The van der Waals surface area contributed by atoms with Crippen LogP contribution in [0.1, 0.15) is 13.3 Å². The standard InChI is InChI=1S/C11H16F2N2/c1-8(14)5-6-15(2)11-7-9(12)3-4-10(11)13/h3-4,7-8H,5-6,14H2,1-2H3. The Hall–Kier alpha value is -1.16. The first-order valence-electron chi connectivity index (χ1n) is 4.92. The monoisotopic (exact) mass is 214 g/mol. The van der Waals surface area contributed by atoms with Gasteiger partial charge in [0.05, 0.1) is 5.69 Å². The van der Waals surface area contributed by atoms with E-state index in [1.165, 1.54) is 6.07 Å². The Labute approximate surface area is 88.7 Å². The first-order chi connectivity index (χ1) is 7.00. The molecule has 4 heteroatoms. The van der Waals surface area contributed by atoms with Crippen LogP contribution in [0, 0.1) is 11.6 Å². The minimum atomic E-state index is -0.431. The minimum absolute atomic E-state index is 0.0593. The van der Waals surface area contributed by atoms with Gasteiger partial charge in [0.25, 0.3) is 0 Å². The third-order valence-corrected chi connectivity index (χ3v) is 2.24. The van der Waals surface area contributed by atoms with E-state index >= 15 is 0 Å². The van der Waals surface area contributed by atoms with Crippen LogP contribution < -0.4 is 10.6 Å². The lowest BCUT2D eigenvalue weighted by molar-refractivity contribution is 0.590. The lowest BCUT2D eigenvalue weighted by Crippen LogP contribution is -2.26. The van der Waals surface area contributed by atoms with E-state index in [-0.39, 0.29) is 11.7 Å². The van der Waals surface area contributed by atoms with Gasteiger partial charge < -0.3 is 10.6 Å². The van der Waals surface area contributed by atoms with Crippen LogP contribution in [0.5, 0.6) is 0 Å². The van der Waals surface area contributed by atoms with E-state index in [2.05, 4.69) is 0 Å². The molecule has 0 aliphatic rings. The number of rotatable bonds is 4. The Morgan fingerprint density at radius 2 is 2.07 bits per heavy atom. The van der Waals surface area contributed by atoms with Gasteiger partial charge in [0.15, 0.2) is 0 Å². The summed E-state index contributed by atoms with van der Waals surface area (Å²) in [5, 5.41) is 0. The molecule has 0 bridgehead atoms. The Morgan fingerprint density at radius 3 is 2.67 bits per heavy atom. The molecule has 1 unspecified atom stereocenters. The van der Waals surface area contributed by atoms with E-state index in [4.69, 9.17) is 5.73 Å². The van der Waals surface area contributed by atoms with E-state index in [1.54, 1.807) is 11.9 Å². The van der Waals surface area contributed by atoms with Crippen LogP contribution in [0.3, 0.4) is 0 Å². The predicted molar refractivity (Wildman–Crippen MR) is 57.9 cm³/mol. The molecule has 0 spiro atoms. The average molecular weight is 214 g/mol. The van der Waals surface area contributed by atoms with Crippen molar-refractivity contribution in [1.82, 2.24) is 0 Å². The summed E-state index contributed by atoms with van der Waals surface area (Å²) < 4.78 is 26.2. The van der Waals surface area contributed by atoms with Crippen molar-refractivity contribution in [2.45, 2.75) is 19.4 Å². The Bertz CT molecular complexity index is 326. The largest absolute Gasteiger partial charge is 0.372 e. The number of hydrogen-bond acceptors (Lipinski definition) is 2. The fourth-order valence-corrected chi connectivity index (χ4v) is 1.30. The molecule has 2 nitrogen and oxygen atoms in total. The molecule has 1 aromatic carbocycles. The van der Waals surface area contributed by atoms with Crippen molar-refractivity contribution in [2.75, 3.05) is 18.5 Å². The summed E-state index contributed by atoms with van der Waals surface area (Å²) in [4.78, 5) is 1.67. The number of nitrogens with two attached hydrogens (primary N) is 1. The van der Waals surface area contributed by atoms with Crippen molar-refractivity contribution in [3.63, 3.8) is 0 Å². The average Bonchev–Trinajstić information content (AvgIpc) is 2.18. The molecule has 2 N–H and O–H groups in total. The fourth-order valence-electron chi connectivity index (χ4n) is 1.30. The maximum atomic E-state index is 13.3. The fraction of sp³-hybridized carbons (Fsp3) is 0.455. The summed E-state index contributed by atoms with van der Waals surface area (Å²) in [6.45, 7) is 2.49. The van der Waals surface area contributed by atoms with Gasteiger partial charge in [-0.2, -0.15) is 0 Å². The van der Waals surface area contributed by atoms with Crippen molar-refractivity contribution in [3.8, 4) is 0 Å². The normalized spacial score (nSPS) is 12.6. The third kappa shape index (κ3) is 3.47. The van der Waals surface area contributed by atoms with Crippen LogP contribution in [0.15, 0.2) is 18.2 Å². The highest BCUT2D eigenvalue weighted by atomic mass is 19.1. The summed E-state index contributed by atoms with van der Waals surface area (Å²) in [7, 11) is 1.72. The van der Waals surface area contributed by atoms with Gasteiger partial charge in [0, 0.05) is 25.7 Å². The molecule has 0 aliphatic heterocycles. The molecule has 1 rings (SSSR count). The molecule has 0 aliphatic carbocycles. The zero-order valence-electron chi connectivity index (χ0n) is 9.00. The van der Waals surface area contributed by atoms with Crippen molar-refractivity contribution in [2.24, 2.45) is 5.73 Å². The van der Waals surface area contributed by atoms with Gasteiger partial charge in [-0.15, -0.1) is 0 Å². The van der Waals surface area contributed by atoms with Crippen molar-refractivity contribution in [3.05, 3.63) is 29.8 Å². The first-order valence-corrected chi connectivity index (χ1v) is 4.92. The Balaban J connectivity index is 2.72. The van der Waals surface area contributed by atoms with Crippen molar-refractivity contribution >= 4 is 5.69 Å². The Morgan fingerprint density at radius 1 is 1.40 bits per heavy atom. The number of halogens is 2. The quantitative estimate of drug-likeness (QED) is 0.832. The first kappa shape index (κ1) is 11.9. The summed E-state index contributed by atoms with van der Waals surface area (Å²) >= 11 is 0. The SMILES string of the molecule is CC(N)CCN(C)c1cc(F)ccc1F. The van der Waals surface area contributed by atoms with Crippen molar-refractivity contribution < 1.29 is 8.78 Å². The van der Waals surface area contributed by atoms with Gasteiger partial charge in [-0.3, -0.25) is 0 Å². The van der Waals surface area contributed by atoms with Gasteiger partial charge >= 0.3 is 0 Å². The van der Waals surface area contributed by atoms with Gasteiger partial charge in [-0.1, -0.05) is 0 Å². The molecular weight excluding hydrogens is 198 g/mol. The maximum Gasteiger partial charge on any atom is 0.146 e. The van der Waals surface area contributed by atoms with Gasteiger partial charge in [0.2, 0.25) is 0 Å². The minimum Gasteiger partial charge on any atom is -0.372 e. The van der Waals surface area contributed by atoms with E-state index in [0.29, 0.717) is 6.54 Å². The molecule has 0 heterocycles. The second-order valence-electron chi connectivity index (χ2n) is 3.78. The lowest BCUT2D eigenvalue weighted by Gasteiger charge is -2.20. The topological polar surface area (TPSA) is 29.3 Å². The van der Waals surface area contributed by atoms with Crippen LogP contribution in [0.2, 0.25) is 0 Å². The lowest BCUT2D eigenvalue weighted by atomic mass is 10.2. The summed E-state index contributed by atoms with van der Waals surface area (Å²) in [5.41, 5.74) is 5.87. The third-order valence-electron chi connectivity index (χ3n) is 2.24. The molecule has 84 valence electrons. The smallest absolute Gasteiger partial charge is 0.146 e. The molecule has 0 aromatic heterocycles. The van der Waals surface area contributed by atoms with Gasteiger partial charge in [-0.05, 0) is 25.5 Å². The zero-order chi connectivity index (χ0) is 11.4. The predicted octanol–water partition coefficient (Wildman–Crippen LogP) is 2.14. The zero-order valence-corrected chi connectivity index (χ0v) is 9.00. The van der Waals surface area contributed by atoms with Crippen LogP contribution in [-0.2, 0) is 0 Å². The molecular formula is C11H16F2N2. The number of benzene rings is 1. The number of nitrogens with zero attached hydrogens (tertiary/aromatic N) is 1. The van der Waals surface area contributed by atoms with Crippen LogP contribution >= 0.6 is 0 Å². The van der Waals surface area contributed by atoms with E-state index in [1.807, 2.05) is 6.92 Å². The van der Waals surface area contributed by atoms with Crippen LogP contribution in [0.4, 0.5) is 14.5 Å². The van der Waals surface area contributed by atoms with Gasteiger partial charge in [0.1, 0.15) is 11.6 Å². The molecule has 1 aromatic rings. The maximum absolute atomic E-state index is 13.3. The second kappa shape index (κ2) is 5.07. The number of hydrogen-bond donors (Lipinski definition) is 1. The van der Waals surface area contributed by atoms with Crippen LogP contribution in [0.25, 0.3) is 0 Å². The molecule has 0 fully saturated rings. The van der Waals surface area contributed by atoms with E-state index in [0.717, 1.165) is 18.6 Å². The molecule has 0 amide bonds. The molecule has 0 saturated carbocycles.